The lowest BCUT2D eigenvalue weighted by molar-refractivity contribution is 0.609. The van der Waals surface area contributed by atoms with E-state index >= 15 is 0 Å². The van der Waals surface area contributed by atoms with Crippen molar-refractivity contribution in [2.45, 2.75) is 25.8 Å². The lowest BCUT2D eigenvalue weighted by Crippen LogP contribution is -2.11. The molecular formula is C13H15ClFN3. The fourth-order valence-corrected chi connectivity index (χ4v) is 1.96. The highest BCUT2D eigenvalue weighted by Crippen LogP contribution is 2.24. The number of aromatic nitrogens is 2. The maximum absolute atomic E-state index is 13.1. The standard InChI is InChI=1S/C13H15ClFN3/c1-2-3-11(16)13-17-7-12(18-13)8-4-5-10(15)9(14)6-8/h4-7,11H,2-3,16H2,1H3,(H,17,18). The summed E-state index contributed by atoms with van der Waals surface area (Å²) in [4.78, 5) is 7.39. The van der Waals surface area contributed by atoms with Gasteiger partial charge >= 0.3 is 0 Å². The summed E-state index contributed by atoms with van der Waals surface area (Å²) in [5.74, 6) is 0.315. The van der Waals surface area contributed by atoms with Crippen LogP contribution in [0.2, 0.25) is 5.02 Å². The van der Waals surface area contributed by atoms with Crippen molar-refractivity contribution in [1.29, 1.82) is 0 Å². The zero-order valence-electron chi connectivity index (χ0n) is 10.1. The summed E-state index contributed by atoms with van der Waals surface area (Å²) >= 11 is 5.75. The van der Waals surface area contributed by atoms with Crippen molar-refractivity contribution in [2.24, 2.45) is 5.73 Å². The lowest BCUT2D eigenvalue weighted by atomic mass is 10.1. The zero-order chi connectivity index (χ0) is 13.1. The maximum Gasteiger partial charge on any atom is 0.141 e. The predicted octanol–water partition coefficient (Wildman–Crippen LogP) is 3.67. The Morgan fingerprint density at radius 2 is 2.28 bits per heavy atom. The molecule has 1 heterocycles. The zero-order valence-corrected chi connectivity index (χ0v) is 10.8. The number of benzene rings is 1. The van der Waals surface area contributed by atoms with E-state index in [1.54, 1.807) is 18.3 Å². The van der Waals surface area contributed by atoms with Crippen LogP contribution >= 0.6 is 11.6 Å². The van der Waals surface area contributed by atoms with Crippen LogP contribution in [0.3, 0.4) is 0 Å². The molecule has 2 aromatic rings. The SMILES string of the molecule is CCCC(N)c1ncc(-c2ccc(F)c(Cl)c2)[nH]1. The van der Waals surface area contributed by atoms with Crippen LogP contribution in [0.1, 0.15) is 31.6 Å². The number of aromatic amines is 1. The van der Waals surface area contributed by atoms with E-state index in [0.717, 1.165) is 29.9 Å². The first-order valence-corrected chi connectivity index (χ1v) is 6.25. The second-order valence-corrected chi connectivity index (χ2v) is 4.61. The Labute approximate surface area is 110 Å². The molecule has 0 aliphatic heterocycles. The van der Waals surface area contributed by atoms with Crippen LogP contribution in [0, 0.1) is 5.82 Å². The molecule has 3 nitrogen and oxygen atoms in total. The molecule has 3 N–H and O–H groups in total. The fraction of sp³-hybridized carbons (Fsp3) is 0.308. The van der Waals surface area contributed by atoms with Crippen molar-refractivity contribution < 1.29 is 4.39 Å². The summed E-state index contributed by atoms with van der Waals surface area (Å²) in [6.45, 7) is 2.07. The Morgan fingerprint density at radius 1 is 1.50 bits per heavy atom. The van der Waals surface area contributed by atoms with E-state index in [-0.39, 0.29) is 11.1 Å². The van der Waals surface area contributed by atoms with Gasteiger partial charge in [-0.1, -0.05) is 24.9 Å². The number of hydrogen-bond donors (Lipinski definition) is 2. The molecule has 1 aromatic carbocycles. The van der Waals surface area contributed by atoms with Gasteiger partial charge in [0.05, 0.1) is 23.0 Å². The fourth-order valence-electron chi connectivity index (χ4n) is 1.78. The van der Waals surface area contributed by atoms with Crippen molar-refractivity contribution in [3.8, 4) is 11.3 Å². The number of H-pyrrole nitrogens is 1. The summed E-state index contributed by atoms with van der Waals surface area (Å²) in [5.41, 5.74) is 7.56. The Bertz CT molecular complexity index is 539. The van der Waals surface area contributed by atoms with Crippen LogP contribution in [0.4, 0.5) is 4.39 Å². The van der Waals surface area contributed by atoms with Crippen molar-refractivity contribution >= 4 is 11.6 Å². The van der Waals surface area contributed by atoms with Crippen LogP contribution in [0.15, 0.2) is 24.4 Å². The summed E-state index contributed by atoms with van der Waals surface area (Å²) in [6, 6.07) is 4.47. The molecule has 0 radical (unpaired) electrons. The van der Waals surface area contributed by atoms with Gasteiger partial charge in [0, 0.05) is 5.56 Å². The van der Waals surface area contributed by atoms with Crippen LogP contribution in [0.25, 0.3) is 11.3 Å². The minimum atomic E-state index is -0.428. The second-order valence-electron chi connectivity index (χ2n) is 4.21. The van der Waals surface area contributed by atoms with Gasteiger partial charge < -0.3 is 10.7 Å². The highest BCUT2D eigenvalue weighted by molar-refractivity contribution is 6.31. The Hall–Kier alpha value is -1.39. The van der Waals surface area contributed by atoms with Crippen molar-refractivity contribution in [3.63, 3.8) is 0 Å². The van der Waals surface area contributed by atoms with Crippen LogP contribution in [-0.2, 0) is 0 Å². The van der Waals surface area contributed by atoms with Gasteiger partial charge in [0.25, 0.3) is 0 Å². The van der Waals surface area contributed by atoms with Gasteiger partial charge in [0.15, 0.2) is 0 Å². The lowest BCUT2D eigenvalue weighted by Gasteiger charge is -2.06. The molecule has 96 valence electrons. The topological polar surface area (TPSA) is 54.7 Å². The first-order chi connectivity index (χ1) is 8.61. The van der Waals surface area contributed by atoms with E-state index in [1.165, 1.54) is 6.07 Å². The Balaban J connectivity index is 2.26. The number of nitrogens with one attached hydrogen (secondary N) is 1. The molecule has 0 amide bonds. The smallest absolute Gasteiger partial charge is 0.141 e. The van der Waals surface area contributed by atoms with E-state index in [0.29, 0.717) is 0 Å². The molecule has 2 rings (SSSR count). The highest BCUT2D eigenvalue weighted by Gasteiger charge is 2.11. The molecule has 0 bridgehead atoms. The summed E-state index contributed by atoms with van der Waals surface area (Å²) in [7, 11) is 0. The van der Waals surface area contributed by atoms with E-state index < -0.39 is 5.82 Å². The third kappa shape index (κ3) is 2.71. The average molecular weight is 268 g/mol. The van der Waals surface area contributed by atoms with Crippen LogP contribution < -0.4 is 5.73 Å². The van der Waals surface area contributed by atoms with Gasteiger partial charge in [-0.25, -0.2) is 9.37 Å². The van der Waals surface area contributed by atoms with Crippen LogP contribution in [0.5, 0.6) is 0 Å². The number of nitrogens with two attached hydrogens (primary N) is 1. The van der Waals surface area contributed by atoms with E-state index in [2.05, 4.69) is 16.9 Å². The first-order valence-electron chi connectivity index (χ1n) is 5.87. The Morgan fingerprint density at radius 3 is 2.94 bits per heavy atom. The molecule has 1 unspecified atom stereocenters. The van der Waals surface area contributed by atoms with Gasteiger partial charge in [-0.05, 0) is 24.6 Å². The molecule has 18 heavy (non-hydrogen) atoms. The summed E-state index contributed by atoms with van der Waals surface area (Å²) < 4.78 is 13.1. The molecule has 5 heteroatoms. The largest absolute Gasteiger partial charge is 0.341 e. The second kappa shape index (κ2) is 5.50. The van der Waals surface area contributed by atoms with Crippen molar-refractivity contribution in [2.75, 3.05) is 0 Å². The molecule has 0 saturated heterocycles. The monoisotopic (exact) mass is 267 g/mol. The minimum Gasteiger partial charge on any atom is -0.341 e. The highest BCUT2D eigenvalue weighted by atomic mass is 35.5. The summed E-state index contributed by atoms with van der Waals surface area (Å²) in [6.07, 6.45) is 3.56. The number of hydrogen-bond acceptors (Lipinski definition) is 2. The number of nitrogens with zero attached hydrogens (tertiary/aromatic N) is 1. The molecule has 0 saturated carbocycles. The van der Waals surface area contributed by atoms with Gasteiger partial charge in [-0.15, -0.1) is 0 Å². The molecule has 1 atom stereocenters. The molecular weight excluding hydrogens is 253 g/mol. The number of halogens is 2. The van der Waals surface area contributed by atoms with E-state index in [9.17, 15) is 4.39 Å². The van der Waals surface area contributed by atoms with Crippen molar-refractivity contribution in [1.82, 2.24) is 9.97 Å². The first kappa shape index (κ1) is 13.1. The molecule has 0 fully saturated rings. The minimum absolute atomic E-state index is 0.0975. The van der Waals surface area contributed by atoms with Gasteiger partial charge in [-0.2, -0.15) is 0 Å². The van der Waals surface area contributed by atoms with Crippen molar-refractivity contribution in [3.05, 3.63) is 41.1 Å². The molecule has 0 spiro atoms. The normalized spacial score (nSPS) is 12.7. The van der Waals surface area contributed by atoms with Crippen LogP contribution in [-0.4, -0.2) is 9.97 Å². The third-order valence-corrected chi connectivity index (χ3v) is 3.07. The molecule has 0 aliphatic rings. The number of imidazole rings is 1. The third-order valence-electron chi connectivity index (χ3n) is 2.78. The predicted molar refractivity (Wildman–Crippen MR) is 70.8 cm³/mol. The Kier molecular flexibility index (Phi) is 3.99. The van der Waals surface area contributed by atoms with E-state index in [4.69, 9.17) is 17.3 Å². The number of rotatable bonds is 4. The van der Waals surface area contributed by atoms with Gasteiger partial charge in [-0.3, -0.25) is 0 Å². The summed E-state index contributed by atoms with van der Waals surface area (Å²) in [5, 5.41) is 0.0986. The van der Waals surface area contributed by atoms with Gasteiger partial charge in [0.1, 0.15) is 11.6 Å². The maximum atomic E-state index is 13.1. The molecule has 0 aliphatic carbocycles. The molecule has 1 aromatic heterocycles. The quantitative estimate of drug-likeness (QED) is 0.888. The van der Waals surface area contributed by atoms with Gasteiger partial charge in [0.2, 0.25) is 0 Å². The van der Waals surface area contributed by atoms with E-state index in [1.807, 2.05) is 0 Å². The average Bonchev–Trinajstić information content (AvgIpc) is 2.82.